The molecule has 176 valence electrons. The SMILES string of the molecule is CCCCCCC(O)CCCCCCCCCCC(=O)O.O=C(O)C1OC1C(=O)O. The summed E-state index contributed by atoms with van der Waals surface area (Å²) in [5.41, 5.74) is 0. The minimum absolute atomic E-state index is 0.0853. The zero-order valence-corrected chi connectivity index (χ0v) is 18.3. The van der Waals surface area contributed by atoms with E-state index >= 15 is 0 Å². The number of carboxylic acids is 3. The number of hydrogen-bond donors (Lipinski definition) is 4. The molecule has 30 heavy (non-hydrogen) atoms. The van der Waals surface area contributed by atoms with Gasteiger partial charge in [-0.2, -0.15) is 0 Å². The van der Waals surface area contributed by atoms with E-state index in [0.29, 0.717) is 6.42 Å². The second-order valence-electron chi connectivity index (χ2n) is 7.92. The van der Waals surface area contributed by atoms with Gasteiger partial charge in [0.05, 0.1) is 6.10 Å². The molecule has 1 saturated heterocycles. The molecule has 3 unspecified atom stereocenters. The molecular formula is C22H40O8. The summed E-state index contributed by atoms with van der Waals surface area (Å²) < 4.78 is 4.24. The lowest BCUT2D eigenvalue weighted by molar-refractivity contribution is -0.140. The van der Waals surface area contributed by atoms with Crippen molar-refractivity contribution in [3.63, 3.8) is 0 Å². The van der Waals surface area contributed by atoms with Gasteiger partial charge in [0.1, 0.15) is 0 Å². The third-order valence-electron chi connectivity index (χ3n) is 5.05. The lowest BCUT2D eigenvalue weighted by Gasteiger charge is -2.10. The molecule has 1 aliphatic rings. The maximum absolute atomic E-state index is 10.3. The second kappa shape index (κ2) is 18.1. The molecule has 3 atom stereocenters. The minimum Gasteiger partial charge on any atom is -0.481 e. The van der Waals surface area contributed by atoms with Crippen LogP contribution in [0.15, 0.2) is 0 Å². The Labute approximate surface area is 179 Å². The number of aliphatic carboxylic acids is 3. The number of epoxide rings is 1. The molecule has 1 heterocycles. The van der Waals surface area contributed by atoms with Crippen LogP contribution in [0.1, 0.15) is 103 Å². The number of carboxylic acid groups (broad SMARTS) is 3. The molecule has 0 saturated carbocycles. The molecule has 0 bridgehead atoms. The second-order valence-corrected chi connectivity index (χ2v) is 7.92. The molecule has 8 nitrogen and oxygen atoms in total. The molecule has 0 aromatic rings. The molecule has 1 aliphatic heterocycles. The van der Waals surface area contributed by atoms with Crippen molar-refractivity contribution in [1.82, 2.24) is 0 Å². The summed E-state index contributed by atoms with van der Waals surface area (Å²) in [6.07, 6.45) is 14.0. The van der Waals surface area contributed by atoms with E-state index in [9.17, 15) is 19.5 Å². The van der Waals surface area contributed by atoms with Crippen LogP contribution in [0, 0.1) is 0 Å². The Kier molecular flexibility index (Phi) is 17.1. The van der Waals surface area contributed by atoms with Gasteiger partial charge in [-0.15, -0.1) is 0 Å². The van der Waals surface area contributed by atoms with Gasteiger partial charge in [0, 0.05) is 6.42 Å². The zero-order valence-electron chi connectivity index (χ0n) is 18.3. The summed E-state index contributed by atoms with van der Waals surface area (Å²) in [4.78, 5) is 30.1. The third kappa shape index (κ3) is 17.2. The van der Waals surface area contributed by atoms with E-state index in [2.05, 4.69) is 11.7 Å². The molecular weight excluding hydrogens is 392 g/mol. The van der Waals surface area contributed by atoms with Gasteiger partial charge >= 0.3 is 17.9 Å². The highest BCUT2D eigenvalue weighted by Crippen LogP contribution is 2.21. The highest BCUT2D eigenvalue weighted by atomic mass is 16.6. The molecule has 0 aromatic carbocycles. The molecule has 0 radical (unpaired) electrons. The van der Waals surface area contributed by atoms with Crippen LogP contribution in [-0.2, 0) is 19.1 Å². The standard InChI is InChI=1S/C18H36O3.C4H4O5/c1-2-3-4-11-14-17(19)15-12-9-7-5-6-8-10-13-16-18(20)21;5-3(6)1-2(9-1)4(7)8/h17,19H,2-16H2,1H3,(H,20,21);1-2H,(H,5,6)(H,7,8). The monoisotopic (exact) mass is 432 g/mol. The number of ether oxygens (including phenoxy) is 1. The van der Waals surface area contributed by atoms with Gasteiger partial charge in [-0.1, -0.05) is 77.6 Å². The zero-order chi connectivity index (χ0) is 22.8. The smallest absolute Gasteiger partial charge is 0.336 e. The third-order valence-corrected chi connectivity index (χ3v) is 5.05. The Hall–Kier alpha value is -1.67. The van der Waals surface area contributed by atoms with Crippen molar-refractivity contribution in [2.75, 3.05) is 0 Å². The largest absolute Gasteiger partial charge is 0.481 e. The van der Waals surface area contributed by atoms with Gasteiger partial charge < -0.3 is 25.2 Å². The summed E-state index contributed by atoms with van der Waals surface area (Å²) in [6, 6.07) is 0. The van der Waals surface area contributed by atoms with E-state index in [1.165, 1.54) is 51.4 Å². The first-order chi connectivity index (χ1) is 14.3. The van der Waals surface area contributed by atoms with Crippen LogP contribution in [-0.4, -0.2) is 56.6 Å². The first kappa shape index (κ1) is 28.3. The van der Waals surface area contributed by atoms with Gasteiger partial charge in [-0.25, -0.2) is 9.59 Å². The Morgan fingerprint density at radius 3 is 1.47 bits per heavy atom. The fourth-order valence-corrected chi connectivity index (χ4v) is 3.16. The first-order valence-corrected chi connectivity index (χ1v) is 11.3. The maximum atomic E-state index is 10.3. The molecule has 0 amide bonds. The summed E-state index contributed by atoms with van der Waals surface area (Å²) in [7, 11) is 0. The molecule has 1 fully saturated rings. The lowest BCUT2D eigenvalue weighted by Crippen LogP contribution is -2.14. The van der Waals surface area contributed by atoms with Crippen LogP contribution >= 0.6 is 0 Å². The highest BCUT2D eigenvalue weighted by Gasteiger charge is 2.50. The number of carbonyl (C=O) groups is 3. The lowest BCUT2D eigenvalue weighted by atomic mass is 10.0. The Bertz CT molecular complexity index is 462. The van der Waals surface area contributed by atoms with Crippen molar-refractivity contribution >= 4 is 17.9 Å². The van der Waals surface area contributed by atoms with Gasteiger partial charge in [0.15, 0.2) is 12.2 Å². The maximum Gasteiger partial charge on any atom is 0.336 e. The van der Waals surface area contributed by atoms with Crippen LogP contribution in [0.2, 0.25) is 0 Å². The van der Waals surface area contributed by atoms with Crippen molar-refractivity contribution < 1.29 is 39.5 Å². The van der Waals surface area contributed by atoms with Crippen molar-refractivity contribution in [3.05, 3.63) is 0 Å². The molecule has 0 aromatic heterocycles. The molecule has 4 N–H and O–H groups in total. The van der Waals surface area contributed by atoms with Crippen LogP contribution < -0.4 is 0 Å². The first-order valence-electron chi connectivity index (χ1n) is 11.3. The molecule has 0 aliphatic carbocycles. The van der Waals surface area contributed by atoms with Crippen LogP contribution in [0.25, 0.3) is 0 Å². The van der Waals surface area contributed by atoms with Crippen LogP contribution in [0.4, 0.5) is 0 Å². The Balaban J connectivity index is 0.000000769. The number of unbranched alkanes of at least 4 members (excludes halogenated alkanes) is 10. The number of aliphatic hydroxyl groups is 1. The molecule has 8 heteroatoms. The fraction of sp³-hybridized carbons (Fsp3) is 0.864. The Morgan fingerprint density at radius 2 is 1.10 bits per heavy atom. The topological polar surface area (TPSA) is 145 Å². The van der Waals surface area contributed by atoms with E-state index in [4.69, 9.17) is 15.3 Å². The number of rotatable bonds is 18. The minimum atomic E-state index is -1.22. The van der Waals surface area contributed by atoms with Gasteiger partial charge in [-0.3, -0.25) is 4.79 Å². The normalized spacial score (nSPS) is 18.2. The molecule has 1 rings (SSSR count). The van der Waals surface area contributed by atoms with Gasteiger partial charge in [0.25, 0.3) is 0 Å². The Morgan fingerprint density at radius 1 is 0.700 bits per heavy atom. The molecule has 0 spiro atoms. The van der Waals surface area contributed by atoms with E-state index in [-0.39, 0.29) is 6.10 Å². The van der Waals surface area contributed by atoms with E-state index < -0.39 is 30.1 Å². The number of aliphatic hydroxyl groups excluding tert-OH is 1. The van der Waals surface area contributed by atoms with E-state index in [0.717, 1.165) is 38.5 Å². The number of hydrogen-bond acceptors (Lipinski definition) is 5. The summed E-state index contributed by atoms with van der Waals surface area (Å²) in [5, 5.41) is 34.5. The predicted molar refractivity (Wildman–Crippen MR) is 113 cm³/mol. The van der Waals surface area contributed by atoms with Gasteiger partial charge in [0.2, 0.25) is 0 Å². The highest BCUT2D eigenvalue weighted by molar-refractivity contribution is 5.87. The van der Waals surface area contributed by atoms with Crippen molar-refractivity contribution in [2.45, 2.75) is 122 Å². The van der Waals surface area contributed by atoms with Crippen molar-refractivity contribution in [2.24, 2.45) is 0 Å². The summed E-state index contributed by atoms with van der Waals surface area (Å²) in [6.45, 7) is 2.21. The summed E-state index contributed by atoms with van der Waals surface area (Å²) >= 11 is 0. The van der Waals surface area contributed by atoms with E-state index in [1.807, 2.05) is 0 Å². The van der Waals surface area contributed by atoms with Gasteiger partial charge in [-0.05, 0) is 19.3 Å². The van der Waals surface area contributed by atoms with Crippen molar-refractivity contribution in [3.8, 4) is 0 Å². The van der Waals surface area contributed by atoms with Crippen LogP contribution in [0.3, 0.4) is 0 Å². The quantitative estimate of drug-likeness (QED) is 0.186. The fourth-order valence-electron chi connectivity index (χ4n) is 3.16. The average molecular weight is 433 g/mol. The summed E-state index contributed by atoms with van der Waals surface area (Å²) in [5.74, 6) is -3.12. The van der Waals surface area contributed by atoms with Crippen LogP contribution in [0.5, 0.6) is 0 Å². The van der Waals surface area contributed by atoms with E-state index in [1.54, 1.807) is 0 Å². The van der Waals surface area contributed by atoms with Crippen molar-refractivity contribution in [1.29, 1.82) is 0 Å². The average Bonchev–Trinajstić information content (AvgIpc) is 3.48. The predicted octanol–water partition coefficient (Wildman–Crippen LogP) is 4.23.